The maximum absolute atomic E-state index is 5.71. The molecule has 0 radical (unpaired) electrons. The van der Waals surface area contributed by atoms with Gasteiger partial charge in [0.05, 0.1) is 31.9 Å². The summed E-state index contributed by atoms with van der Waals surface area (Å²) >= 11 is 0. The lowest BCUT2D eigenvalue weighted by molar-refractivity contribution is 0.271. The van der Waals surface area contributed by atoms with Gasteiger partial charge in [-0.3, -0.25) is 0 Å². The first-order chi connectivity index (χ1) is 11.6. The van der Waals surface area contributed by atoms with Gasteiger partial charge in [-0.15, -0.1) is 0 Å². The molecule has 1 aromatic heterocycles. The Labute approximate surface area is 141 Å². The van der Waals surface area contributed by atoms with Gasteiger partial charge < -0.3 is 19.2 Å². The van der Waals surface area contributed by atoms with Crippen molar-refractivity contribution in [3.8, 4) is 28.6 Å². The van der Waals surface area contributed by atoms with Crippen molar-refractivity contribution in [1.29, 1.82) is 0 Å². The Bertz CT molecular complexity index is 781. The quantitative estimate of drug-likeness (QED) is 0.734. The lowest BCUT2D eigenvalue weighted by atomic mass is 10.2. The zero-order valence-electron chi connectivity index (χ0n) is 14.4. The van der Waals surface area contributed by atoms with Gasteiger partial charge in [0.25, 0.3) is 0 Å². The second kappa shape index (κ2) is 6.83. The van der Waals surface area contributed by atoms with Gasteiger partial charge in [0.2, 0.25) is 0 Å². The number of aromatic nitrogens is 2. The summed E-state index contributed by atoms with van der Waals surface area (Å²) in [7, 11) is 3.24. The third kappa shape index (κ3) is 3.30. The average molecular weight is 326 g/mol. The second-order valence-corrected chi connectivity index (χ2v) is 6.04. The van der Waals surface area contributed by atoms with Crippen LogP contribution < -0.4 is 14.2 Å². The molecular formula is C19H22N2O3. The summed E-state index contributed by atoms with van der Waals surface area (Å²) < 4.78 is 16.4. The molecule has 0 saturated heterocycles. The van der Waals surface area contributed by atoms with Crippen LogP contribution in [0.5, 0.6) is 17.2 Å². The van der Waals surface area contributed by atoms with E-state index in [1.807, 2.05) is 36.4 Å². The van der Waals surface area contributed by atoms with Crippen molar-refractivity contribution < 1.29 is 14.2 Å². The van der Waals surface area contributed by atoms with Crippen LogP contribution in [0.25, 0.3) is 22.4 Å². The number of nitrogens with zero attached hydrogens (tertiary/aromatic N) is 1. The van der Waals surface area contributed by atoms with Crippen LogP contribution in [0.2, 0.25) is 0 Å². The lowest BCUT2D eigenvalue weighted by Crippen LogP contribution is -2.04. The Hall–Kier alpha value is -2.69. The van der Waals surface area contributed by atoms with Crippen LogP contribution in [0.15, 0.2) is 36.4 Å². The van der Waals surface area contributed by atoms with Crippen molar-refractivity contribution in [2.75, 3.05) is 20.8 Å². The van der Waals surface area contributed by atoms with E-state index in [-0.39, 0.29) is 0 Å². The zero-order valence-corrected chi connectivity index (χ0v) is 14.4. The summed E-state index contributed by atoms with van der Waals surface area (Å²) in [5, 5.41) is 0. The SMILES string of the molecule is COc1cc2nc(-c3ccc(OCC(C)C)cc3)[nH]c2cc1OC. The van der Waals surface area contributed by atoms with Crippen LogP contribution in [0.1, 0.15) is 13.8 Å². The maximum atomic E-state index is 5.71. The monoisotopic (exact) mass is 326 g/mol. The fourth-order valence-electron chi connectivity index (χ4n) is 2.45. The minimum Gasteiger partial charge on any atom is -0.493 e. The standard InChI is InChI=1S/C19H22N2O3/c1-12(2)11-24-14-7-5-13(6-8-14)19-20-15-9-17(22-3)18(23-4)10-16(15)21-19/h5-10,12H,11H2,1-4H3,(H,20,21). The van der Waals surface area contributed by atoms with Crippen molar-refractivity contribution in [3.05, 3.63) is 36.4 Å². The second-order valence-electron chi connectivity index (χ2n) is 6.04. The summed E-state index contributed by atoms with van der Waals surface area (Å²) in [6, 6.07) is 11.7. The number of fused-ring (bicyclic) bond motifs is 1. The molecule has 0 aliphatic heterocycles. The molecule has 2 aromatic carbocycles. The number of aromatic amines is 1. The number of methoxy groups -OCH3 is 2. The largest absolute Gasteiger partial charge is 0.493 e. The number of H-pyrrole nitrogens is 1. The summed E-state index contributed by atoms with van der Waals surface area (Å²) in [5.41, 5.74) is 2.74. The fourth-order valence-corrected chi connectivity index (χ4v) is 2.45. The first kappa shape index (κ1) is 16.2. The van der Waals surface area contributed by atoms with Crippen LogP contribution in [-0.2, 0) is 0 Å². The van der Waals surface area contributed by atoms with Crippen molar-refractivity contribution >= 4 is 11.0 Å². The zero-order chi connectivity index (χ0) is 17.1. The van der Waals surface area contributed by atoms with Gasteiger partial charge in [0.1, 0.15) is 11.6 Å². The van der Waals surface area contributed by atoms with Crippen LogP contribution >= 0.6 is 0 Å². The highest BCUT2D eigenvalue weighted by Gasteiger charge is 2.11. The molecule has 5 heteroatoms. The molecule has 0 fully saturated rings. The van der Waals surface area contributed by atoms with Crippen LogP contribution in [0, 0.1) is 5.92 Å². The molecule has 0 amide bonds. The molecule has 3 aromatic rings. The van der Waals surface area contributed by atoms with Gasteiger partial charge in [-0.25, -0.2) is 4.98 Å². The van der Waals surface area contributed by atoms with Crippen molar-refractivity contribution in [1.82, 2.24) is 9.97 Å². The van der Waals surface area contributed by atoms with Crippen LogP contribution in [0.4, 0.5) is 0 Å². The number of imidazole rings is 1. The van der Waals surface area contributed by atoms with E-state index in [1.54, 1.807) is 14.2 Å². The molecule has 0 atom stereocenters. The molecule has 0 unspecified atom stereocenters. The van der Waals surface area contributed by atoms with E-state index in [0.29, 0.717) is 24.0 Å². The minimum atomic E-state index is 0.505. The number of hydrogen-bond acceptors (Lipinski definition) is 4. The number of benzene rings is 2. The summed E-state index contributed by atoms with van der Waals surface area (Å²) in [5.74, 6) is 3.52. The number of ether oxygens (including phenoxy) is 3. The number of rotatable bonds is 6. The Morgan fingerprint density at radius 2 is 1.67 bits per heavy atom. The van der Waals surface area contributed by atoms with Gasteiger partial charge in [-0.1, -0.05) is 13.8 Å². The first-order valence-electron chi connectivity index (χ1n) is 7.95. The Morgan fingerprint density at radius 3 is 2.29 bits per heavy atom. The lowest BCUT2D eigenvalue weighted by Gasteiger charge is -2.08. The molecule has 1 N–H and O–H groups in total. The third-order valence-corrected chi connectivity index (χ3v) is 3.70. The predicted octanol–water partition coefficient (Wildman–Crippen LogP) is 4.28. The summed E-state index contributed by atoms with van der Waals surface area (Å²) in [6.07, 6.45) is 0. The van der Waals surface area contributed by atoms with E-state index in [0.717, 1.165) is 28.2 Å². The molecule has 0 spiro atoms. The molecule has 1 heterocycles. The molecule has 0 aliphatic carbocycles. The predicted molar refractivity (Wildman–Crippen MR) is 95.0 cm³/mol. The van der Waals surface area contributed by atoms with Gasteiger partial charge in [0.15, 0.2) is 11.5 Å². The van der Waals surface area contributed by atoms with E-state index >= 15 is 0 Å². The Balaban J connectivity index is 1.89. The van der Waals surface area contributed by atoms with E-state index in [4.69, 9.17) is 14.2 Å². The molecule has 0 saturated carbocycles. The van der Waals surface area contributed by atoms with E-state index in [2.05, 4.69) is 23.8 Å². The number of nitrogens with one attached hydrogen (secondary N) is 1. The van der Waals surface area contributed by atoms with Gasteiger partial charge in [0, 0.05) is 17.7 Å². The fraction of sp³-hybridized carbons (Fsp3) is 0.316. The molecule has 3 rings (SSSR count). The molecule has 0 aliphatic rings. The van der Waals surface area contributed by atoms with Gasteiger partial charge in [-0.05, 0) is 30.2 Å². The smallest absolute Gasteiger partial charge is 0.163 e. The topological polar surface area (TPSA) is 56.4 Å². The third-order valence-electron chi connectivity index (χ3n) is 3.70. The van der Waals surface area contributed by atoms with Gasteiger partial charge >= 0.3 is 0 Å². The molecule has 5 nitrogen and oxygen atoms in total. The van der Waals surface area contributed by atoms with Crippen LogP contribution in [-0.4, -0.2) is 30.8 Å². The summed E-state index contributed by atoms with van der Waals surface area (Å²) in [4.78, 5) is 7.96. The van der Waals surface area contributed by atoms with Crippen molar-refractivity contribution in [2.45, 2.75) is 13.8 Å². The molecular weight excluding hydrogens is 304 g/mol. The Kier molecular flexibility index (Phi) is 4.60. The van der Waals surface area contributed by atoms with E-state index in [9.17, 15) is 0 Å². The average Bonchev–Trinajstić information content (AvgIpc) is 3.01. The normalized spacial score (nSPS) is 11.0. The maximum Gasteiger partial charge on any atom is 0.163 e. The Morgan fingerprint density at radius 1 is 1.00 bits per heavy atom. The number of hydrogen-bond donors (Lipinski definition) is 1. The highest BCUT2D eigenvalue weighted by Crippen LogP contribution is 2.32. The highest BCUT2D eigenvalue weighted by molar-refractivity contribution is 5.83. The molecule has 24 heavy (non-hydrogen) atoms. The van der Waals surface area contributed by atoms with E-state index < -0.39 is 0 Å². The van der Waals surface area contributed by atoms with Crippen molar-refractivity contribution in [2.24, 2.45) is 5.92 Å². The van der Waals surface area contributed by atoms with Crippen molar-refractivity contribution in [3.63, 3.8) is 0 Å². The van der Waals surface area contributed by atoms with E-state index in [1.165, 1.54) is 0 Å². The van der Waals surface area contributed by atoms with Gasteiger partial charge in [-0.2, -0.15) is 0 Å². The molecule has 0 bridgehead atoms. The minimum absolute atomic E-state index is 0.505. The van der Waals surface area contributed by atoms with Crippen LogP contribution in [0.3, 0.4) is 0 Å². The first-order valence-corrected chi connectivity index (χ1v) is 7.95. The highest BCUT2D eigenvalue weighted by atomic mass is 16.5. The summed E-state index contributed by atoms with van der Waals surface area (Å²) in [6.45, 7) is 4.97. The molecule has 126 valence electrons.